The highest BCUT2D eigenvalue weighted by atomic mass is 16.6. The third kappa shape index (κ3) is 2.31. The van der Waals surface area contributed by atoms with Crippen molar-refractivity contribution < 1.29 is 4.74 Å². The summed E-state index contributed by atoms with van der Waals surface area (Å²) in [5.41, 5.74) is 0.459. The van der Waals surface area contributed by atoms with Crippen LogP contribution in [0.25, 0.3) is 0 Å². The van der Waals surface area contributed by atoms with Crippen LogP contribution in [0.3, 0.4) is 0 Å². The molecule has 1 nitrogen and oxygen atoms in total. The zero-order valence-corrected chi connectivity index (χ0v) is 5.90. The van der Waals surface area contributed by atoms with E-state index >= 15 is 0 Å². The first-order valence-corrected chi connectivity index (χ1v) is 3.19. The van der Waals surface area contributed by atoms with Crippen molar-refractivity contribution in [2.45, 2.75) is 33.3 Å². The zero-order valence-electron chi connectivity index (χ0n) is 5.90. The lowest BCUT2D eigenvalue weighted by Crippen LogP contribution is -2.07. The van der Waals surface area contributed by atoms with Gasteiger partial charge < -0.3 is 4.74 Å². The van der Waals surface area contributed by atoms with Gasteiger partial charge in [0.1, 0.15) is 0 Å². The zero-order chi connectivity index (χ0) is 6.20. The van der Waals surface area contributed by atoms with Gasteiger partial charge in [-0.15, -0.1) is 0 Å². The Kier molecular flexibility index (Phi) is 1.31. The van der Waals surface area contributed by atoms with E-state index in [4.69, 9.17) is 4.74 Å². The molecular weight excluding hydrogens is 100 g/mol. The number of epoxide rings is 1. The van der Waals surface area contributed by atoms with Crippen LogP contribution in [0.5, 0.6) is 0 Å². The van der Waals surface area contributed by atoms with Gasteiger partial charge in [0, 0.05) is 0 Å². The quantitative estimate of drug-likeness (QED) is 0.474. The van der Waals surface area contributed by atoms with Crippen molar-refractivity contribution in [3.8, 4) is 0 Å². The molecule has 0 aromatic rings. The van der Waals surface area contributed by atoms with Crippen LogP contribution in [-0.2, 0) is 4.74 Å². The molecule has 1 aliphatic heterocycles. The molecule has 1 rings (SSSR count). The first-order valence-electron chi connectivity index (χ1n) is 3.19. The summed E-state index contributed by atoms with van der Waals surface area (Å²) in [5.74, 6) is 0. The summed E-state index contributed by atoms with van der Waals surface area (Å²) in [6.07, 6.45) is 1.81. The van der Waals surface area contributed by atoms with E-state index in [1.807, 2.05) is 0 Å². The molecule has 0 amide bonds. The van der Waals surface area contributed by atoms with Crippen molar-refractivity contribution in [2.24, 2.45) is 5.41 Å². The number of hydrogen-bond acceptors (Lipinski definition) is 1. The lowest BCUT2D eigenvalue weighted by atomic mass is 9.91. The first kappa shape index (κ1) is 6.09. The highest BCUT2D eigenvalue weighted by molar-refractivity contribution is 4.76. The van der Waals surface area contributed by atoms with Gasteiger partial charge in [-0.1, -0.05) is 20.8 Å². The summed E-state index contributed by atoms with van der Waals surface area (Å²) in [5, 5.41) is 0. The second-order valence-corrected chi connectivity index (χ2v) is 3.72. The molecular formula is C7H14O. The van der Waals surface area contributed by atoms with Crippen LogP contribution in [-0.4, -0.2) is 12.7 Å². The maximum Gasteiger partial charge on any atom is 0.0814 e. The Bertz CT molecular complexity index is 76.9. The fourth-order valence-electron chi connectivity index (χ4n) is 0.869. The smallest absolute Gasteiger partial charge is 0.0814 e. The molecule has 1 heteroatoms. The highest BCUT2D eigenvalue weighted by Crippen LogP contribution is 2.27. The van der Waals surface area contributed by atoms with E-state index in [0.717, 1.165) is 6.61 Å². The molecule has 0 bridgehead atoms. The largest absolute Gasteiger partial charge is 0.373 e. The monoisotopic (exact) mass is 114 g/mol. The fraction of sp³-hybridized carbons (Fsp3) is 1.00. The van der Waals surface area contributed by atoms with Crippen LogP contribution in [0, 0.1) is 5.41 Å². The van der Waals surface area contributed by atoms with Gasteiger partial charge in [0.2, 0.25) is 0 Å². The predicted molar refractivity (Wildman–Crippen MR) is 33.8 cm³/mol. The molecule has 1 heterocycles. The molecule has 0 radical (unpaired) electrons. The van der Waals surface area contributed by atoms with Gasteiger partial charge in [-0.3, -0.25) is 0 Å². The molecule has 8 heavy (non-hydrogen) atoms. The average Bonchev–Trinajstić information content (AvgIpc) is 2.12. The summed E-state index contributed by atoms with van der Waals surface area (Å²) < 4.78 is 5.08. The third-order valence-corrected chi connectivity index (χ3v) is 1.24. The molecule has 1 fully saturated rings. The van der Waals surface area contributed by atoms with Crippen molar-refractivity contribution in [1.82, 2.24) is 0 Å². The minimum atomic E-state index is 0.459. The van der Waals surface area contributed by atoms with Crippen molar-refractivity contribution in [2.75, 3.05) is 6.61 Å². The number of ether oxygens (including phenoxy) is 1. The van der Waals surface area contributed by atoms with Gasteiger partial charge in [0.05, 0.1) is 12.7 Å². The van der Waals surface area contributed by atoms with Gasteiger partial charge in [-0.05, 0) is 11.8 Å². The van der Waals surface area contributed by atoms with E-state index < -0.39 is 0 Å². The second kappa shape index (κ2) is 1.73. The standard InChI is InChI=1S/C7H14O/c1-7(2,3)4-6-5-8-6/h6H,4-5H2,1-3H3. The van der Waals surface area contributed by atoms with Gasteiger partial charge in [-0.2, -0.15) is 0 Å². The van der Waals surface area contributed by atoms with Gasteiger partial charge in [-0.25, -0.2) is 0 Å². The Hall–Kier alpha value is -0.0400. The molecule has 1 atom stereocenters. The Balaban J connectivity index is 2.16. The van der Waals surface area contributed by atoms with E-state index in [1.54, 1.807) is 0 Å². The SMILES string of the molecule is CC(C)(C)CC1CO1. The summed E-state index contributed by atoms with van der Waals surface area (Å²) in [6.45, 7) is 7.73. The molecule has 1 saturated heterocycles. The van der Waals surface area contributed by atoms with Crippen LogP contribution in [0.1, 0.15) is 27.2 Å². The summed E-state index contributed by atoms with van der Waals surface area (Å²) in [7, 11) is 0. The minimum Gasteiger partial charge on any atom is -0.373 e. The Labute approximate surface area is 51.0 Å². The second-order valence-electron chi connectivity index (χ2n) is 3.72. The van der Waals surface area contributed by atoms with Crippen molar-refractivity contribution in [3.63, 3.8) is 0 Å². The Morgan fingerprint density at radius 2 is 2.00 bits per heavy atom. The van der Waals surface area contributed by atoms with Crippen LogP contribution in [0.15, 0.2) is 0 Å². The van der Waals surface area contributed by atoms with Crippen molar-refractivity contribution in [1.29, 1.82) is 0 Å². The van der Waals surface area contributed by atoms with Crippen LogP contribution >= 0.6 is 0 Å². The number of hydrogen-bond donors (Lipinski definition) is 0. The van der Waals surface area contributed by atoms with E-state index in [9.17, 15) is 0 Å². The molecule has 0 aliphatic carbocycles. The summed E-state index contributed by atoms with van der Waals surface area (Å²) >= 11 is 0. The molecule has 1 aliphatic rings. The first-order chi connectivity index (χ1) is 3.58. The predicted octanol–water partition coefficient (Wildman–Crippen LogP) is 1.82. The molecule has 1 unspecified atom stereocenters. The maximum absolute atomic E-state index is 5.08. The molecule has 0 N–H and O–H groups in total. The van der Waals surface area contributed by atoms with Crippen molar-refractivity contribution >= 4 is 0 Å². The van der Waals surface area contributed by atoms with Crippen LogP contribution in [0.2, 0.25) is 0 Å². The van der Waals surface area contributed by atoms with E-state index in [0.29, 0.717) is 11.5 Å². The molecule has 0 spiro atoms. The van der Waals surface area contributed by atoms with Crippen LogP contribution in [0.4, 0.5) is 0 Å². The Morgan fingerprint density at radius 1 is 1.50 bits per heavy atom. The van der Waals surface area contributed by atoms with Gasteiger partial charge in [0.25, 0.3) is 0 Å². The lowest BCUT2D eigenvalue weighted by molar-refractivity contribution is 0.300. The fourth-order valence-corrected chi connectivity index (χ4v) is 0.869. The molecule has 0 aromatic carbocycles. The van der Waals surface area contributed by atoms with Gasteiger partial charge in [0.15, 0.2) is 0 Å². The molecule has 0 saturated carbocycles. The minimum absolute atomic E-state index is 0.459. The topological polar surface area (TPSA) is 12.5 Å². The van der Waals surface area contributed by atoms with E-state index in [-0.39, 0.29) is 0 Å². The normalized spacial score (nSPS) is 28.1. The van der Waals surface area contributed by atoms with E-state index in [1.165, 1.54) is 6.42 Å². The average molecular weight is 114 g/mol. The lowest BCUT2D eigenvalue weighted by Gasteiger charge is -2.15. The summed E-state index contributed by atoms with van der Waals surface area (Å²) in [4.78, 5) is 0. The number of rotatable bonds is 1. The summed E-state index contributed by atoms with van der Waals surface area (Å²) in [6, 6.07) is 0. The van der Waals surface area contributed by atoms with Gasteiger partial charge >= 0.3 is 0 Å². The third-order valence-electron chi connectivity index (χ3n) is 1.24. The molecule has 48 valence electrons. The van der Waals surface area contributed by atoms with Crippen LogP contribution < -0.4 is 0 Å². The highest BCUT2D eigenvalue weighted by Gasteiger charge is 2.27. The maximum atomic E-state index is 5.08. The van der Waals surface area contributed by atoms with E-state index in [2.05, 4.69) is 20.8 Å². The molecule has 0 aromatic heterocycles. The van der Waals surface area contributed by atoms with Crippen molar-refractivity contribution in [3.05, 3.63) is 0 Å². The Morgan fingerprint density at radius 3 is 2.12 bits per heavy atom.